The van der Waals surface area contributed by atoms with Crippen LogP contribution in [0, 0.1) is 5.82 Å². The van der Waals surface area contributed by atoms with Crippen molar-refractivity contribution in [2.45, 2.75) is 24.1 Å². The van der Waals surface area contributed by atoms with E-state index in [-0.39, 0.29) is 53.7 Å². The number of alkyl halides is 3. The highest BCUT2D eigenvalue weighted by molar-refractivity contribution is 6.00. The minimum absolute atomic E-state index is 0.0459. The highest BCUT2D eigenvalue weighted by Crippen LogP contribution is 2.47. The summed E-state index contributed by atoms with van der Waals surface area (Å²) in [5.41, 5.74) is -0.554. The number of aliphatic hydroxyl groups is 2. The second kappa shape index (κ2) is 11.4. The van der Waals surface area contributed by atoms with Crippen molar-refractivity contribution in [3.05, 3.63) is 83.4 Å². The van der Waals surface area contributed by atoms with Gasteiger partial charge in [0.15, 0.2) is 0 Å². The maximum absolute atomic E-state index is 14.7. The molecular formula is C30H26F4N4O6. The molecule has 10 nitrogen and oxygen atoms in total. The lowest BCUT2D eigenvalue weighted by molar-refractivity contribution is -0.265. The van der Waals surface area contributed by atoms with Crippen LogP contribution < -0.4 is 20.5 Å². The number of carbonyl (C=O) groups is 2. The molecule has 14 heteroatoms. The van der Waals surface area contributed by atoms with Crippen molar-refractivity contribution in [2.24, 2.45) is 5.73 Å². The Kier molecular flexibility index (Phi) is 7.90. The molecule has 230 valence electrons. The molecule has 44 heavy (non-hydrogen) atoms. The first-order valence-corrected chi connectivity index (χ1v) is 13.2. The van der Waals surface area contributed by atoms with E-state index >= 15 is 0 Å². The molecule has 0 aliphatic carbocycles. The second-order valence-corrected chi connectivity index (χ2v) is 10.4. The Morgan fingerprint density at radius 1 is 1.16 bits per heavy atom. The first kappa shape index (κ1) is 30.6. The number of amides is 2. The average Bonchev–Trinajstić information content (AvgIpc) is 3.35. The van der Waals surface area contributed by atoms with Gasteiger partial charge in [0.1, 0.15) is 47.2 Å². The molecule has 2 aromatic carbocycles. The molecule has 4 aromatic rings. The molecule has 5 rings (SSSR count). The van der Waals surface area contributed by atoms with Gasteiger partial charge >= 0.3 is 6.18 Å². The number of hydrogen-bond acceptors (Lipinski definition) is 8. The number of carbonyl (C=O) groups excluding carboxylic acids is 2. The van der Waals surface area contributed by atoms with Gasteiger partial charge in [-0.25, -0.2) is 9.37 Å². The fourth-order valence-electron chi connectivity index (χ4n) is 4.80. The number of ether oxygens (including phenoxy) is 2. The lowest BCUT2D eigenvalue weighted by Gasteiger charge is -2.31. The summed E-state index contributed by atoms with van der Waals surface area (Å²) >= 11 is 0. The predicted molar refractivity (Wildman–Crippen MR) is 148 cm³/mol. The van der Waals surface area contributed by atoms with Crippen LogP contribution in [0.5, 0.6) is 11.5 Å². The Morgan fingerprint density at radius 2 is 1.89 bits per heavy atom. The van der Waals surface area contributed by atoms with Crippen molar-refractivity contribution in [3.63, 3.8) is 0 Å². The molecule has 2 atom stereocenters. The second-order valence-electron chi connectivity index (χ2n) is 10.4. The number of nitrogens with zero attached hydrogens (tertiary/aromatic N) is 2. The first-order chi connectivity index (χ1) is 20.8. The van der Waals surface area contributed by atoms with Gasteiger partial charge in [0.2, 0.25) is 11.5 Å². The minimum Gasteiger partial charge on any atom is -0.489 e. The van der Waals surface area contributed by atoms with Crippen LogP contribution in [0.25, 0.3) is 22.2 Å². The normalized spacial score (nSPS) is 17.4. The highest BCUT2D eigenvalue weighted by Gasteiger charge is 2.57. The Labute approximate surface area is 247 Å². The van der Waals surface area contributed by atoms with Crippen molar-refractivity contribution in [1.29, 1.82) is 0 Å². The molecule has 2 amide bonds. The maximum Gasteiger partial charge on any atom is 0.424 e. The average molecular weight is 615 g/mol. The zero-order valence-electron chi connectivity index (χ0n) is 23.1. The van der Waals surface area contributed by atoms with Crippen LogP contribution >= 0.6 is 0 Å². The van der Waals surface area contributed by atoms with Gasteiger partial charge in [0.25, 0.3) is 5.91 Å². The third-order valence-corrected chi connectivity index (χ3v) is 7.41. The van der Waals surface area contributed by atoms with Gasteiger partial charge in [0.05, 0.1) is 18.8 Å². The van der Waals surface area contributed by atoms with Gasteiger partial charge in [-0.3, -0.25) is 14.6 Å². The van der Waals surface area contributed by atoms with Crippen LogP contribution in [0.2, 0.25) is 0 Å². The van der Waals surface area contributed by atoms with Gasteiger partial charge in [-0.15, -0.1) is 0 Å². The van der Waals surface area contributed by atoms with Crippen LogP contribution in [0.15, 0.2) is 60.8 Å². The van der Waals surface area contributed by atoms with E-state index in [0.29, 0.717) is 10.9 Å². The highest BCUT2D eigenvalue weighted by atomic mass is 19.4. The molecule has 0 spiro atoms. The third kappa shape index (κ3) is 5.37. The Bertz CT molecular complexity index is 1750. The van der Waals surface area contributed by atoms with Crippen LogP contribution in [0.4, 0.5) is 17.6 Å². The molecule has 0 bridgehead atoms. The van der Waals surface area contributed by atoms with E-state index in [1.807, 2.05) is 0 Å². The summed E-state index contributed by atoms with van der Waals surface area (Å²) in [4.78, 5) is 33.8. The zero-order valence-corrected chi connectivity index (χ0v) is 23.1. The number of fused-ring (bicyclic) bond motifs is 2. The zero-order chi connectivity index (χ0) is 31.9. The van der Waals surface area contributed by atoms with Crippen LogP contribution in [-0.2, 0) is 15.8 Å². The number of pyridine rings is 2. The molecule has 1 aliphatic rings. The molecule has 0 radical (unpaired) electrons. The number of halogens is 4. The van der Waals surface area contributed by atoms with E-state index in [2.05, 4.69) is 15.3 Å². The molecule has 1 aliphatic heterocycles. The molecule has 0 saturated heterocycles. The number of nitrogens with one attached hydrogen (secondary N) is 1. The molecule has 0 saturated carbocycles. The largest absolute Gasteiger partial charge is 0.489 e. The summed E-state index contributed by atoms with van der Waals surface area (Å²) in [7, 11) is 0. The van der Waals surface area contributed by atoms with Crippen molar-refractivity contribution >= 4 is 22.7 Å². The molecule has 2 aromatic heterocycles. The number of rotatable bonds is 9. The predicted octanol–water partition coefficient (Wildman–Crippen LogP) is 3.12. The molecule has 3 heterocycles. The quantitative estimate of drug-likeness (QED) is 0.210. The summed E-state index contributed by atoms with van der Waals surface area (Å²) in [5.74, 6) is -2.43. The van der Waals surface area contributed by atoms with E-state index in [1.165, 1.54) is 37.4 Å². The lowest BCUT2D eigenvalue weighted by Crippen LogP contribution is -2.51. The van der Waals surface area contributed by atoms with Crippen LogP contribution in [0.1, 0.15) is 28.5 Å². The topological polar surface area (TPSA) is 157 Å². The Hall–Kier alpha value is -4.82. The van der Waals surface area contributed by atoms with E-state index in [1.54, 1.807) is 12.1 Å². The van der Waals surface area contributed by atoms with Crippen molar-refractivity contribution in [1.82, 2.24) is 15.3 Å². The fourth-order valence-corrected chi connectivity index (χ4v) is 4.80. The standard InChI is InChI=1S/C30H26F4N4O6/c1-28(27(35)41)15-44-25-20(28)13-22(38-24(25)16-4-6-19(31)7-5-16)29(42,30(32,33)34)14-37-26(40)18-11-17-3-2-8-36-23(17)21(12-18)43-10-9-39/h2-8,11-13,39,42H,9-10,14-15H2,1H3,(H2,35,41)(H,37,40)/t28-,29-/m0/s1. The third-order valence-electron chi connectivity index (χ3n) is 7.41. The summed E-state index contributed by atoms with van der Waals surface area (Å²) < 4.78 is 68.8. The Balaban J connectivity index is 1.57. The lowest BCUT2D eigenvalue weighted by atomic mass is 9.81. The van der Waals surface area contributed by atoms with Crippen molar-refractivity contribution in [2.75, 3.05) is 26.4 Å². The molecule has 5 N–H and O–H groups in total. The molecule has 0 unspecified atom stereocenters. The van der Waals surface area contributed by atoms with Crippen LogP contribution in [-0.4, -0.2) is 64.5 Å². The van der Waals surface area contributed by atoms with Crippen LogP contribution in [0.3, 0.4) is 0 Å². The van der Waals surface area contributed by atoms with E-state index in [0.717, 1.165) is 18.2 Å². The molecular weight excluding hydrogens is 588 g/mol. The van der Waals surface area contributed by atoms with Gasteiger partial charge in [-0.05, 0) is 55.5 Å². The van der Waals surface area contributed by atoms with Crippen molar-refractivity contribution < 1.29 is 46.8 Å². The van der Waals surface area contributed by atoms with E-state index in [4.69, 9.17) is 20.3 Å². The minimum atomic E-state index is -5.38. The number of primary amides is 1. The number of benzene rings is 2. The van der Waals surface area contributed by atoms with E-state index < -0.39 is 47.1 Å². The fraction of sp³-hybridized carbons (Fsp3) is 0.267. The number of hydrogen-bond donors (Lipinski definition) is 4. The number of aliphatic hydroxyl groups excluding tert-OH is 1. The molecule has 0 fully saturated rings. The summed E-state index contributed by atoms with van der Waals surface area (Å²) in [6.07, 6.45) is -3.90. The first-order valence-electron chi connectivity index (χ1n) is 13.2. The number of aromatic nitrogens is 2. The summed E-state index contributed by atoms with van der Waals surface area (Å²) in [6.45, 7) is -0.777. The number of nitrogens with two attached hydrogens (primary N) is 1. The monoisotopic (exact) mass is 614 g/mol. The van der Waals surface area contributed by atoms with E-state index in [9.17, 15) is 32.3 Å². The van der Waals surface area contributed by atoms with Gasteiger partial charge in [-0.1, -0.05) is 6.07 Å². The smallest absolute Gasteiger partial charge is 0.424 e. The van der Waals surface area contributed by atoms with Gasteiger partial charge in [0, 0.05) is 28.3 Å². The van der Waals surface area contributed by atoms with Gasteiger partial charge < -0.3 is 30.7 Å². The summed E-state index contributed by atoms with van der Waals surface area (Å²) in [5, 5.41) is 22.9. The maximum atomic E-state index is 14.7. The SMILES string of the molecule is C[C@]1(C(N)=O)COc2c1cc([C@@](O)(CNC(=O)c1cc(OCCO)c3ncccc3c1)C(F)(F)F)nc2-c1ccc(F)cc1. The Morgan fingerprint density at radius 3 is 2.55 bits per heavy atom. The van der Waals surface area contributed by atoms with Crippen molar-refractivity contribution in [3.8, 4) is 22.8 Å². The summed E-state index contributed by atoms with van der Waals surface area (Å²) in [6, 6.07) is 11.3. The van der Waals surface area contributed by atoms with Gasteiger partial charge in [-0.2, -0.15) is 13.2 Å².